The first kappa shape index (κ1) is 28.3. The number of nitrogens with one attached hydrogen (secondary N) is 3. The molecule has 0 fully saturated rings. The zero-order chi connectivity index (χ0) is 25.0. The molecule has 1 aromatic rings. The molecule has 0 radical (unpaired) electrons. The van der Waals surface area contributed by atoms with Gasteiger partial charge in [-0.15, -0.1) is 0 Å². The van der Waals surface area contributed by atoms with Crippen LogP contribution in [0, 0.1) is 5.92 Å². The molecule has 3 amide bonds. The van der Waals surface area contributed by atoms with Gasteiger partial charge in [-0.05, 0) is 28.9 Å². The van der Waals surface area contributed by atoms with Gasteiger partial charge in [0, 0.05) is 12.2 Å². The van der Waals surface area contributed by atoms with Crippen molar-refractivity contribution in [1.29, 1.82) is 0 Å². The van der Waals surface area contributed by atoms with Crippen LogP contribution in [0.5, 0.6) is 5.75 Å². The summed E-state index contributed by atoms with van der Waals surface area (Å²) >= 11 is 1.50. The molecule has 0 spiro atoms. The van der Waals surface area contributed by atoms with Gasteiger partial charge in [-0.2, -0.15) is 11.8 Å². The Morgan fingerprint density at radius 3 is 2.18 bits per heavy atom. The molecular weight excluding hydrogens is 446 g/mol. The normalized spacial score (nSPS) is 14.5. The van der Waals surface area contributed by atoms with Crippen LogP contribution < -0.4 is 16.0 Å². The third-order valence-corrected chi connectivity index (χ3v) is 6.35. The molecule has 0 saturated heterocycles. The van der Waals surface area contributed by atoms with E-state index in [1.54, 1.807) is 12.1 Å². The number of aromatic hydroxyl groups is 1. The van der Waals surface area contributed by atoms with E-state index in [2.05, 4.69) is 16.0 Å². The van der Waals surface area contributed by atoms with Gasteiger partial charge in [-0.25, -0.2) is 4.79 Å². The lowest BCUT2D eigenvalue weighted by atomic mass is 9.98. The second-order valence-electron chi connectivity index (χ2n) is 8.05. The van der Waals surface area contributed by atoms with Crippen LogP contribution in [0.1, 0.15) is 39.7 Å². The van der Waals surface area contributed by atoms with Crippen molar-refractivity contribution in [2.75, 3.05) is 12.9 Å². The summed E-state index contributed by atoms with van der Waals surface area (Å²) in [6, 6.07) is 3.55. The van der Waals surface area contributed by atoms with Gasteiger partial charge < -0.3 is 25.8 Å². The molecule has 1 aromatic carbocycles. The van der Waals surface area contributed by atoms with E-state index in [0.717, 1.165) is 0 Å². The average molecular weight is 482 g/mol. The molecular formula is C23H35N3O6S. The second-order valence-corrected chi connectivity index (χ2v) is 9.66. The van der Waals surface area contributed by atoms with E-state index in [-0.39, 0.29) is 23.3 Å². The molecule has 4 N–H and O–H groups in total. The molecule has 0 saturated carbocycles. The highest BCUT2D eigenvalue weighted by Gasteiger charge is 2.31. The van der Waals surface area contributed by atoms with Crippen LogP contribution in [-0.4, -0.2) is 65.5 Å². The van der Waals surface area contributed by atoms with Gasteiger partial charge in [0.2, 0.25) is 18.2 Å². The van der Waals surface area contributed by atoms with Crippen LogP contribution in [0.2, 0.25) is 0 Å². The average Bonchev–Trinajstić information content (AvgIpc) is 2.79. The molecule has 0 heterocycles. The number of hydrogen-bond donors (Lipinski definition) is 4. The van der Waals surface area contributed by atoms with Crippen molar-refractivity contribution >= 4 is 36.0 Å². The van der Waals surface area contributed by atoms with Gasteiger partial charge in [0.25, 0.3) is 0 Å². The lowest BCUT2D eigenvalue weighted by Gasteiger charge is -2.26. The summed E-state index contributed by atoms with van der Waals surface area (Å²) in [5.41, 5.74) is 0.697. The number of carbonyl (C=O) groups excluding carboxylic acids is 4. The van der Waals surface area contributed by atoms with Crippen LogP contribution in [0.4, 0.5) is 0 Å². The SMILES string of the molecule is CC[C@H](C)[C@H](NC(=O)[C@H](Cc1ccc(O)cc1)NC(=O)[C@H](CSC(C)C)NC=O)C(=O)OC. The molecule has 1 rings (SSSR count). The topological polar surface area (TPSA) is 134 Å². The molecule has 0 unspecified atom stereocenters. The molecule has 4 atom stereocenters. The number of phenolic OH excluding ortho intramolecular Hbond substituents is 1. The van der Waals surface area contributed by atoms with Crippen LogP contribution in [-0.2, 0) is 30.3 Å². The number of methoxy groups -OCH3 is 1. The van der Waals surface area contributed by atoms with Crippen molar-refractivity contribution in [3.05, 3.63) is 29.8 Å². The Hall–Kier alpha value is -2.75. The minimum absolute atomic E-state index is 0.0762. The number of esters is 1. The third kappa shape index (κ3) is 9.73. The van der Waals surface area contributed by atoms with E-state index in [0.29, 0.717) is 24.1 Å². The minimum Gasteiger partial charge on any atom is -0.508 e. The minimum atomic E-state index is -1.02. The highest BCUT2D eigenvalue weighted by atomic mass is 32.2. The van der Waals surface area contributed by atoms with Crippen molar-refractivity contribution in [1.82, 2.24) is 16.0 Å². The standard InChI is InChI=1S/C23H35N3O6S/c1-6-15(4)20(23(31)32-5)26-21(29)18(11-16-7-9-17(28)10-8-16)25-22(30)19(24-13-27)12-33-14(2)3/h7-10,13-15,18-20,28H,6,11-12H2,1-5H3,(H,24,27)(H,25,30)(H,26,29)/t15-,18-,19-,20-/m0/s1. The largest absolute Gasteiger partial charge is 0.508 e. The number of carbonyl (C=O) groups is 4. The molecule has 0 aromatic heterocycles. The maximum atomic E-state index is 13.2. The van der Waals surface area contributed by atoms with Crippen molar-refractivity contribution < 1.29 is 29.0 Å². The number of hydrogen-bond acceptors (Lipinski definition) is 7. The van der Waals surface area contributed by atoms with Crippen LogP contribution in [0.15, 0.2) is 24.3 Å². The Morgan fingerprint density at radius 2 is 1.67 bits per heavy atom. The first-order chi connectivity index (χ1) is 15.6. The number of rotatable bonds is 14. The Bertz CT molecular complexity index is 787. The fourth-order valence-corrected chi connectivity index (χ4v) is 3.79. The van der Waals surface area contributed by atoms with Crippen LogP contribution >= 0.6 is 11.8 Å². The molecule has 9 nitrogen and oxygen atoms in total. The van der Waals surface area contributed by atoms with Gasteiger partial charge in [-0.3, -0.25) is 14.4 Å². The molecule has 0 bridgehead atoms. The van der Waals surface area contributed by atoms with Gasteiger partial charge >= 0.3 is 5.97 Å². The quantitative estimate of drug-likeness (QED) is 0.233. The summed E-state index contributed by atoms with van der Waals surface area (Å²) in [6.07, 6.45) is 1.21. The van der Waals surface area contributed by atoms with Gasteiger partial charge in [0.1, 0.15) is 23.9 Å². The van der Waals surface area contributed by atoms with Crippen LogP contribution in [0.3, 0.4) is 0 Å². The number of thioether (sulfide) groups is 1. The summed E-state index contributed by atoms with van der Waals surface area (Å²) < 4.78 is 4.83. The van der Waals surface area contributed by atoms with E-state index < -0.39 is 35.9 Å². The van der Waals surface area contributed by atoms with E-state index >= 15 is 0 Å². The lowest BCUT2D eigenvalue weighted by Crippen LogP contribution is -2.57. The smallest absolute Gasteiger partial charge is 0.328 e. The molecule has 0 aliphatic carbocycles. The van der Waals surface area contributed by atoms with Crippen molar-refractivity contribution in [2.45, 2.75) is 63.9 Å². The van der Waals surface area contributed by atoms with Gasteiger partial charge in [-0.1, -0.05) is 46.2 Å². The number of benzene rings is 1. The van der Waals surface area contributed by atoms with Gasteiger partial charge in [0.15, 0.2) is 0 Å². The Kier molecular flexibility index (Phi) is 12.3. The van der Waals surface area contributed by atoms with E-state index in [1.165, 1.54) is 31.0 Å². The Morgan fingerprint density at radius 1 is 1.06 bits per heavy atom. The number of phenols is 1. The monoisotopic (exact) mass is 481 g/mol. The van der Waals surface area contributed by atoms with Crippen LogP contribution in [0.25, 0.3) is 0 Å². The number of amides is 3. The van der Waals surface area contributed by atoms with Gasteiger partial charge in [0.05, 0.1) is 7.11 Å². The summed E-state index contributed by atoms with van der Waals surface area (Å²) in [5.74, 6) is -1.39. The first-order valence-electron chi connectivity index (χ1n) is 10.9. The van der Waals surface area contributed by atoms with E-state index in [1.807, 2.05) is 27.7 Å². The van der Waals surface area contributed by atoms with E-state index in [4.69, 9.17) is 4.74 Å². The highest BCUT2D eigenvalue weighted by Crippen LogP contribution is 2.14. The van der Waals surface area contributed by atoms with Crippen molar-refractivity contribution in [2.24, 2.45) is 5.92 Å². The summed E-state index contributed by atoms with van der Waals surface area (Å²) in [4.78, 5) is 49.3. The first-order valence-corrected chi connectivity index (χ1v) is 12.0. The summed E-state index contributed by atoms with van der Waals surface area (Å²) in [5, 5.41) is 17.7. The predicted molar refractivity (Wildman–Crippen MR) is 128 cm³/mol. The predicted octanol–water partition coefficient (Wildman–Crippen LogP) is 1.38. The van der Waals surface area contributed by atoms with Crippen molar-refractivity contribution in [3.63, 3.8) is 0 Å². The summed E-state index contributed by atoms with van der Waals surface area (Å²) in [6.45, 7) is 7.67. The summed E-state index contributed by atoms with van der Waals surface area (Å²) in [7, 11) is 1.25. The molecule has 33 heavy (non-hydrogen) atoms. The number of ether oxygens (including phenoxy) is 1. The van der Waals surface area contributed by atoms with E-state index in [9.17, 15) is 24.3 Å². The molecule has 0 aliphatic rings. The molecule has 0 aliphatic heterocycles. The highest BCUT2D eigenvalue weighted by molar-refractivity contribution is 7.99. The Balaban J connectivity index is 3.11. The lowest BCUT2D eigenvalue weighted by molar-refractivity contribution is -0.147. The third-order valence-electron chi connectivity index (χ3n) is 5.16. The fourth-order valence-electron chi connectivity index (χ4n) is 2.97. The zero-order valence-electron chi connectivity index (χ0n) is 19.8. The molecule has 184 valence electrons. The Labute approximate surface area is 199 Å². The fraction of sp³-hybridized carbons (Fsp3) is 0.565. The zero-order valence-corrected chi connectivity index (χ0v) is 20.6. The maximum Gasteiger partial charge on any atom is 0.328 e. The molecule has 10 heteroatoms. The maximum absolute atomic E-state index is 13.2. The second kappa shape index (κ2) is 14.4. The van der Waals surface area contributed by atoms with Crippen molar-refractivity contribution in [3.8, 4) is 5.75 Å².